The minimum atomic E-state index is 0.0973. The molecule has 0 bridgehead atoms. The molecule has 2 rings (SSSR count). The fourth-order valence-electron chi connectivity index (χ4n) is 4.14. The summed E-state index contributed by atoms with van der Waals surface area (Å²) in [6.45, 7) is 15.7. The lowest BCUT2D eigenvalue weighted by molar-refractivity contribution is 0.252. The molecule has 0 aliphatic carbocycles. The maximum absolute atomic E-state index is 4.67. The van der Waals surface area contributed by atoms with Crippen LogP contribution < -0.4 is 10.6 Å². The Bertz CT molecular complexity index is 453. The normalized spacial score (nSPS) is 32.0. The van der Waals surface area contributed by atoms with E-state index in [4.69, 9.17) is 0 Å². The standard InChI is InChI=1S/C18H34N4/c1-8-13-9-14(10-16(2,3)19-13)20-21-15-11-17(4,5)22-18(6,7)12-15/h13,19,22H,8-12H2,1-7H3/b20-14-. The van der Waals surface area contributed by atoms with Crippen LogP contribution in [0.3, 0.4) is 0 Å². The molecule has 22 heavy (non-hydrogen) atoms. The molecule has 2 aliphatic rings. The Morgan fingerprint density at radius 3 is 1.91 bits per heavy atom. The average Bonchev–Trinajstić information content (AvgIpc) is 2.30. The number of nitrogens with zero attached hydrogens (tertiary/aromatic N) is 2. The van der Waals surface area contributed by atoms with Gasteiger partial charge in [-0.3, -0.25) is 0 Å². The van der Waals surface area contributed by atoms with Crippen LogP contribution in [0.25, 0.3) is 0 Å². The molecule has 4 nitrogen and oxygen atoms in total. The maximum atomic E-state index is 4.67. The molecule has 0 aromatic heterocycles. The van der Waals surface area contributed by atoms with Gasteiger partial charge in [0.1, 0.15) is 0 Å². The van der Waals surface area contributed by atoms with Gasteiger partial charge in [-0.05, 0) is 48.0 Å². The van der Waals surface area contributed by atoms with E-state index in [1.807, 2.05) is 0 Å². The first-order valence-electron chi connectivity index (χ1n) is 8.68. The third kappa shape index (κ3) is 4.88. The van der Waals surface area contributed by atoms with Gasteiger partial charge in [0.2, 0.25) is 0 Å². The quantitative estimate of drug-likeness (QED) is 0.765. The van der Waals surface area contributed by atoms with Crippen LogP contribution in [-0.4, -0.2) is 34.1 Å². The average molecular weight is 306 g/mol. The van der Waals surface area contributed by atoms with Gasteiger partial charge in [0, 0.05) is 59.8 Å². The highest BCUT2D eigenvalue weighted by Gasteiger charge is 2.36. The summed E-state index contributed by atoms with van der Waals surface area (Å²) in [7, 11) is 0. The molecule has 0 amide bonds. The smallest absolute Gasteiger partial charge is 0.0442 e. The zero-order valence-corrected chi connectivity index (χ0v) is 15.5. The SMILES string of the molecule is CCC1C/C(=N/N=C2CC(C)(C)NC(C)(C)C2)CC(C)(C)N1. The van der Waals surface area contributed by atoms with Crippen molar-refractivity contribution in [3.8, 4) is 0 Å². The molecule has 2 aliphatic heterocycles. The Kier molecular flexibility index (Phi) is 4.84. The Morgan fingerprint density at radius 2 is 1.36 bits per heavy atom. The van der Waals surface area contributed by atoms with Gasteiger partial charge in [-0.2, -0.15) is 10.2 Å². The highest BCUT2D eigenvalue weighted by Crippen LogP contribution is 2.27. The number of piperidine rings is 2. The Balaban J connectivity index is 2.14. The highest BCUT2D eigenvalue weighted by molar-refractivity contribution is 5.90. The van der Waals surface area contributed by atoms with E-state index in [1.165, 1.54) is 11.4 Å². The fraction of sp³-hybridized carbons (Fsp3) is 0.889. The lowest BCUT2D eigenvalue weighted by Gasteiger charge is -2.43. The molecule has 1 atom stereocenters. The van der Waals surface area contributed by atoms with Gasteiger partial charge < -0.3 is 10.6 Å². The first-order valence-corrected chi connectivity index (χ1v) is 8.68. The van der Waals surface area contributed by atoms with Crippen LogP contribution in [0, 0.1) is 0 Å². The largest absolute Gasteiger partial charge is 0.308 e. The van der Waals surface area contributed by atoms with Crippen LogP contribution in [0.5, 0.6) is 0 Å². The summed E-state index contributed by atoms with van der Waals surface area (Å²) in [5, 5.41) is 16.7. The van der Waals surface area contributed by atoms with Crippen molar-refractivity contribution >= 4 is 11.4 Å². The zero-order valence-electron chi connectivity index (χ0n) is 15.5. The molecular formula is C18H34N4. The summed E-state index contributed by atoms with van der Waals surface area (Å²) < 4.78 is 0. The van der Waals surface area contributed by atoms with E-state index in [1.54, 1.807) is 0 Å². The minimum absolute atomic E-state index is 0.0973. The first-order chi connectivity index (χ1) is 10.0. The van der Waals surface area contributed by atoms with E-state index < -0.39 is 0 Å². The predicted octanol–water partition coefficient (Wildman–Crippen LogP) is 3.66. The van der Waals surface area contributed by atoms with Crippen molar-refractivity contribution in [2.45, 2.75) is 103 Å². The molecule has 2 heterocycles. The van der Waals surface area contributed by atoms with Gasteiger partial charge >= 0.3 is 0 Å². The van der Waals surface area contributed by atoms with Gasteiger partial charge in [-0.25, -0.2) is 0 Å². The second-order valence-electron chi connectivity index (χ2n) is 9.09. The molecule has 2 N–H and O–H groups in total. The summed E-state index contributed by atoms with van der Waals surface area (Å²) in [6.07, 6.45) is 5.12. The molecule has 4 heteroatoms. The number of rotatable bonds is 2. The molecule has 126 valence electrons. The van der Waals surface area contributed by atoms with Crippen molar-refractivity contribution in [2.24, 2.45) is 10.2 Å². The second kappa shape index (κ2) is 6.04. The van der Waals surface area contributed by atoms with Gasteiger partial charge in [-0.1, -0.05) is 6.92 Å². The molecule has 0 aromatic carbocycles. The van der Waals surface area contributed by atoms with E-state index in [0.717, 1.165) is 32.1 Å². The van der Waals surface area contributed by atoms with Gasteiger partial charge in [0.15, 0.2) is 0 Å². The maximum Gasteiger partial charge on any atom is 0.0442 e. The van der Waals surface area contributed by atoms with Crippen molar-refractivity contribution in [1.29, 1.82) is 0 Å². The van der Waals surface area contributed by atoms with Crippen LogP contribution in [0.1, 0.15) is 80.6 Å². The van der Waals surface area contributed by atoms with Crippen molar-refractivity contribution in [3.63, 3.8) is 0 Å². The topological polar surface area (TPSA) is 48.8 Å². The molecule has 1 unspecified atom stereocenters. The van der Waals surface area contributed by atoms with Crippen LogP contribution in [-0.2, 0) is 0 Å². The Hall–Kier alpha value is -0.740. The summed E-state index contributed by atoms with van der Waals surface area (Å²) in [5.74, 6) is 0. The molecule has 0 aromatic rings. The monoisotopic (exact) mass is 306 g/mol. The molecule has 2 saturated heterocycles. The fourth-order valence-corrected chi connectivity index (χ4v) is 4.14. The van der Waals surface area contributed by atoms with Crippen LogP contribution in [0.15, 0.2) is 10.2 Å². The molecular weight excluding hydrogens is 272 g/mol. The molecule has 0 spiro atoms. The number of nitrogens with one attached hydrogen (secondary N) is 2. The van der Waals surface area contributed by atoms with Crippen molar-refractivity contribution in [3.05, 3.63) is 0 Å². The van der Waals surface area contributed by atoms with Crippen LogP contribution in [0.4, 0.5) is 0 Å². The molecule has 2 fully saturated rings. The first kappa shape index (κ1) is 17.6. The van der Waals surface area contributed by atoms with Crippen molar-refractivity contribution in [2.75, 3.05) is 0 Å². The van der Waals surface area contributed by atoms with Gasteiger partial charge in [0.25, 0.3) is 0 Å². The lowest BCUT2D eigenvalue weighted by atomic mass is 9.81. The third-order valence-corrected chi connectivity index (χ3v) is 4.52. The summed E-state index contributed by atoms with van der Waals surface area (Å²) in [5.41, 5.74) is 2.80. The van der Waals surface area contributed by atoms with E-state index in [2.05, 4.69) is 69.3 Å². The van der Waals surface area contributed by atoms with E-state index in [9.17, 15) is 0 Å². The van der Waals surface area contributed by atoms with Crippen LogP contribution >= 0.6 is 0 Å². The highest BCUT2D eigenvalue weighted by atomic mass is 15.2. The second-order valence-corrected chi connectivity index (χ2v) is 9.09. The number of hydrogen-bond donors (Lipinski definition) is 2. The lowest BCUT2D eigenvalue weighted by Crippen LogP contribution is -2.58. The van der Waals surface area contributed by atoms with E-state index in [0.29, 0.717) is 6.04 Å². The Labute approximate surface area is 136 Å². The predicted molar refractivity (Wildman–Crippen MR) is 95.9 cm³/mol. The minimum Gasteiger partial charge on any atom is -0.308 e. The third-order valence-electron chi connectivity index (χ3n) is 4.52. The summed E-state index contributed by atoms with van der Waals surface area (Å²) >= 11 is 0. The van der Waals surface area contributed by atoms with Crippen molar-refractivity contribution < 1.29 is 0 Å². The molecule has 0 radical (unpaired) electrons. The van der Waals surface area contributed by atoms with Crippen LogP contribution in [0.2, 0.25) is 0 Å². The Morgan fingerprint density at radius 1 is 0.864 bits per heavy atom. The molecule has 0 saturated carbocycles. The van der Waals surface area contributed by atoms with E-state index >= 15 is 0 Å². The number of hydrogen-bond acceptors (Lipinski definition) is 4. The van der Waals surface area contributed by atoms with E-state index in [-0.39, 0.29) is 16.6 Å². The van der Waals surface area contributed by atoms with Gasteiger partial charge in [0.05, 0.1) is 0 Å². The summed E-state index contributed by atoms with van der Waals surface area (Å²) in [4.78, 5) is 0. The van der Waals surface area contributed by atoms with Crippen molar-refractivity contribution in [1.82, 2.24) is 10.6 Å². The summed E-state index contributed by atoms with van der Waals surface area (Å²) in [6, 6.07) is 0.531. The van der Waals surface area contributed by atoms with Gasteiger partial charge in [-0.15, -0.1) is 0 Å². The zero-order chi connectivity index (χ0) is 16.6.